The molecule has 0 saturated carbocycles. The standard InChI is InChI=1S/C23H21BrN2O3/c1-26(19-10-6-7-11-20(19)29-2)22(21(27)16-8-4-3-5-9-16)25-23(28)17-12-14-18(24)15-13-17/h3-15,22H,1-2H3,(H,25,28). The predicted molar refractivity (Wildman–Crippen MR) is 118 cm³/mol. The molecular formula is C23H21BrN2O3. The van der Waals surface area contributed by atoms with Crippen molar-refractivity contribution >= 4 is 33.3 Å². The Kier molecular flexibility index (Phi) is 6.67. The number of carbonyl (C=O) groups is 2. The zero-order valence-corrected chi connectivity index (χ0v) is 17.7. The van der Waals surface area contributed by atoms with Crippen LogP contribution in [0.1, 0.15) is 20.7 Å². The summed E-state index contributed by atoms with van der Waals surface area (Å²) in [5.41, 5.74) is 1.67. The molecule has 1 amide bonds. The average molecular weight is 453 g/mol. The van der Waals surface area contributed by atoms with Gasteiger partial charge in [-0.05, 0) is 36.4 Å². The highest BCUT2D eigenvalue weighted by Gasteiger charge is 2.28. The number of hydrogen-bond acceptors (Lipinski definition) is 4. The van der Waals surface area contributed by atoms with Crippen molar-refractivity contribution in [1.82, 2.24) is 5.32 Å². The summed E-state index contributed by atoms with van der Waals surface area (Å²) in [4.78, 5) is 27.8. The van der Waals surface area contributed by atoms with Gasteiger partial charge in [0.1, 0.15) is 5.75 Å². The van der Waals surface area contributed by atoms with Gasteiger partial charge in [-0.25, -0.2) is 0 Å². The number of hydrogen-bond donors (Lipinski definition) is 1. The van der Waals surface area contributed by atoms with Crippen LogP contribution in [0, 0.1) is 0 Å². The third-order valence-corrected chi connectivity index (χ3v) is 5.06. The first-order chi connectivity index (χ1) is 14.0. The van der Waals surface area contributed by atoms with Crippen LogP contribution in [0.25, 0.3) is 0 Å². The Morgan fingerprint density at radius 2 is 1.52 bits per heavy atom. The normalized spacial score (nSPS) is 11.4. The van der Waals surface area contributed by atoms with Gasteiger partial charge in [-0.15, -0.1) is 0 Å². The molecule has 6 heteroatoms. The number of benzene rings is 3. The van der Waals surface area contributed by atoms with Crippen LogP contribution in [0.15, 0.2) is 83.3 Å². The third kappa shape index (κ3) is 4.84. The van der Waals surface area contributed by atoms with Crippen LogP contribution in [0.4, 0.5) is 5.69 Å². The maximum atomic E-state index is 13.3. The number of halogens is 1. The molecule has 1 N–H and O–H groups in total. The number of nitrogens with one attached hydrogen (secondary N) is 1. The second-order valence-electron chi connectivity index (χ2n) is 6.40. The highest BCUT2D eigenvalue weighted by Crippen LogP contribution is 2.28. The van der Waals surface area contributed by atoms with E-state index in [0.717, 1.165) is 4.47 Å². The second kappa shape index (κ2) is 9.39. The lowest BCUT2D eigenvalue weighted by molar-refractivity contribution is 0.0857. The third-order valence-electron chi connectivity index (χ3n) is 4.53. The first-order valence-electron chi connectivity index (χ1n) is 9.03. The van der Waals surface area contributed by atoms with E-state index < -0.39 is 6.17 Å². The van der Waals surface area contributed by atoms with Crippen LogP contribution >= 0.6 is 15.9 Å². The number of anilines is 1. The van der Waals surface area contributed by atoms with E-state index in [1.54, 1.807) is 67.6 Å². The molecule has 0 saturated heterocycles. The molecule has 1 atom stereocenters. The summed E-state index contributed by atoms with van der Waals surface area (Å²) in [6, 6.07) is 23.2. The van der Waals surface area contributed by atoms with Crippen LogP contribution in [0.3, 0.4) is 0 Å². The Morgan fingerprint density at radius 1 is 0.897 bits per heavy atom. The SMILES string of the molecule is COc1ccccc1N(C)C(NC(=O)c1ccc(Br)cc1)C(=O)c1ccccc1. The number of likely N-dealkylation sites (N-methyl/N-ethyl adjacent to an activating group) is 1. The Hall–Kier alpha value is -3.12. The van der Waals surface area contributed by atoms with E-state index >= 15 is 0 Å². The van der Waals surface area contributed by atoms with Gasteiger partial charge in [0.05, 0.1) is 12.8 Å². The average Bonchev–Trinajstić information content (AvgIpc) is 2.77. The summed E-state index contributed by atoms with van der Waals surface area (Å²) >= 11 is 3.36. The molecule has 0 spiro atoms. The molecule has 0 aliphatic carbocycles. The number of nitrogens with zero attached hydrogens (tertiary/aromatic N) is 1. The fraction of sp³-hybridized carbons (Fsp3) is 0.130. The van der Waals surface area contributed by atoms with E-state index in [1.165, 1.54) is 0 Å². The second-order valence-corrected chi connectivity index (χ2v) is 7.31. The summed E-state index contributed by atoms with van der Waals surface area (Å²) < 4.78 is 6.31. The fourth-order valence-electron chi connectivity index (χ4n) is 2.97. The highest BCUT2D eigenvalue weighted by atomic mass is 79.9. The zero-order valence-electron chi connectivity index (χ0n) is 16.1. The molecule has 0 aromatic heterocycles. The highest BCUT2D eigenvalue weighted by molar-refractivity contribution is 9.10. The molecule has 3 aromatic carbocycles. The van der Waals surface area contributed by atoms with Crippen molar-refractivity contribution in [3.63, 3.8) is 0 Å². The van der Waals surface area contributed by atoms with Crippen molar-refractivity contribution in [2.45, 2.75) is 6.17 Å². The molecule has 1 unspecified atom stereocenters. The van der Waals surface area contributed by atoms with Gasteiger partial charge in [-0.1, -0.05) is 58.4 Å². The van der Waals surface area contributed by atoms with Crippen molar-refractivity contribution in [2.24, 2.45) is 0 Å². The van der Waals surface area contributed by atoms with E-state index in [-0.39, 0.29) is 11.7 Å². The van der Waals surface area contributed by atoms with Crippen LogP contribution in [0.2, 0.25) is 0 Å². The van der Waals surface area contributed by atoms with Gasteiger partial charge in [0.15, 0.2) is 6.17 Å². The quantitative estimate of drug-likeness (QED) is 0.422. The van der Waals surface area contributed by atoms with Gasteiger partial charge in [0.25, 0.3) is 5.91 Å². The smallest absolute Gasteiger partial charge is 0.253 e. The molecule has 0 bridgehead atoms. The van der Waals surface area contributed by atoms with Crippen molar-refractivity contribution in [3.8, 4) is 5.75 Å². The van der Waals surface area contributed by atoms with Crippen LogP contribution in [-0.4, -0.2) is 32.0 Å². The van der Waals surface area contributed by atoms with Gasteiger partial charge >= 0.3 is 0 Å². The number of ether oxygens (including phenoxy) is 1. The lowest BCUT2D eigenvalue weighted by Crippen LogP contribution is -2.52. The number of Topliss-reactive ketones (excluding diaryl/α,β-unsaturated/α-hetero) is 1. The minimum absolute atomic E-state index is 0.218. The van der Waals surface area contributed by atoms with Crippen molar-refractivity contribution in [3.05, 3.63) is 94.5 Å². The summed E-state index contributed by atoms with van der Waals surface area (Å²) in [5.74, 6) is 0.0525. The van der Waals surface area contributed by atoms with Crippen molar-refractivity contribution in [1.29, 1.82) is 0 Å². The molecule has 3 aromatic rings. The van der Waals surface area contributed by atoms with E-state index in [2.05, 4.69) is 21.2 Å². The minimum atomic E-state index is -0.912. The summed E-state index contributed by atoms with van der Waals surface area (Å²) in [6.45, 7) is 0. The number of para-hydroxylation sites is 2. The molecule has 0 heterocycles. The van der Waals surface area contributed by atoms with Gasteiger partial charge in [0, 0.05) is 22.6 Å². The number of methoxy groups -OCH3 is 1. The lowest BCUT2D eigenvalue weighted by Gasteiger charge is -2.30. The van der Waals surface area contributed by atoms with Crippen LogP contribution < -0.4 is 15.0 Å². The monoisotopic (exact) mass is 452 g/mol. The maximum absolute atomic E-state index is 13.3. The Bertz CT molecular complexity index is 991. The van der Waals surface area contributed by atoms with E-state index in [9.17, 15) is 9.59 Å². The van der Waals surface area contributed by atoms with Crippen LogP contribution in [-0.2, 0) is 0 Å². The fourth-order valence-corrected chi connectivity index (χ4v) is 3.23. The lowest BCUT2D eigenvalue weighted by atomic mass is 10.1. The number of amides is 1. The molecular weight excluding hydrogens is 432 g/mol. The van der Waals surface area contributed by atoms with Gasteiger partial charge in [0.2, 0.25) is 5.78 Å². The molecule has 0 aliphatic heterocycles. The molecule has 5 nitrogen and oxygen atoms in total. The van der Waals surface area contributed by atoms with Crippen molar-refractivity contribution < 1.29 is 14.3 Å². The summed E-state index contributed by atoms with van der Waals surface area (Å²) in [7, 11) is 3.33. The molecule has 3 rings (SSSR count). The molecule has 0 radical (unpaired) electrons. The van der Waals surface area contributed by atoms with Gasteiger partial charge in [-0.2, -0.15) is 0 Å². The Balaban J connectivity index is 1.96. The maximum Gasteiger partial charge on any atom is 0.253 e. The summed E-state index contributed by atoms with van der Waals surface area (Å²) in [5, 5.41) is 2.87. The predicted octanol–water partition coefficient (Wildman–Crippen LogP) is 4.53. The molecule has 148 valence electrons. The van der Waals surface area contributed by atoms with E-state index in [0.29, 0.717) is 22.6 Å². The molecule has 0 fully saturated rings. The zero-order chi connectivity index (χ0) is 20.8. The first-order valence-corrected chi connectivity index (χ1v) is 9.82. The van der Waals surface area contributed by atoms with Gasteiger partial charge < -0.3 is 15.0 Å². The van der Waals surface area contributed by atoms with Gasteiger partial charge in [-0.3, -0.25) is 9.59 Å². The van der Waals surface area contributed by atoms with Crippen molar-refractivity contribution in [2.75, 3.05) is 19.1 Å². The summed E-state index contributed by atoms with van der Waals surface area (Å²) in [6.07, 6.45) is -0.912. The largest absolute Gasteiger partial charge is 0.495 e. The van der Waals surface area contributed by atoms with Crippen LogP contribution in [0.5, 0.6) is 5.75 Å². The topological polar surface area (TPSA) is 58.6 Å². The molecule has 29 heavy (non-hydrogen) atoms. The first kappa shape index (κ1) is 20.6. The Labute approximate surface area is 178 Å². The number of rotatable bonds is 7. The number of carbonyl (C=O) groups excluding carboxylic acids is 2. The number of ketones is 1. The van der Waals surface area contributed by atoms with E-state index in [1.807, 2.05) is 30.3 Å². The van der Waals surface area contributed by atoms with E-state index in [4.69, 9.17) is 4.74 Å². The Morgan fingerprint density at radius 3 is 2.17 bits per heavy atom. The molecule has 0 aliphatic rings. The minimum Gasteiger partial charge on any atom is -0.495 e.